The Balaban J connectivity index is 2.28. The van der Waals surface area contributed by atoms with Crippen LogP contribution in [-0.4, -0.2) is 19.6 Å². The second-order valence-corrected chi connectivity index (χ2v) is 4.74. The van der Waals surface area contributed by atoms with Crippen molar-refractivity contribution in [2.75, 3.05) is 24.5 Å². The molecule has 2 rings (SSSR count). The third kappa shape index (κ3) is 2.50. The standard InChI is InChI=1S/C13H19ClN2/c14-12-6-4-5-11(7-8-15)13(12)16-9-2-1-3-10-16/h4-6H,1-3,7-10,15H2. The van der Waals surface area contributed by atoms with Crippen LogP contribution >= 0.6 is 11.6 Å². The van der Waals surface area contributed by atoms with Crippen LogP contribution in [-0.2, 0) is 6.42 Å². The monoisotopic (exact) mass is 238 g/mol. The zero-order valence-electron chi connectivity index (χ0n) is 9.58. The molecule has 0 bridgehead atoms. The summed E-state index contributed by atoms with van der Waals surface area (Å²) in [6, 6.07) is 6.13. The molecular formula is C13H19ClN2. The zero-order chi connectivity index (χ0) is 11.4. The van der Waals surface area contributed by atoms with Crippen LogP contribution in [0.2, 0.25) is 5.02 Å². The van der Waals surface area contributed by atoms with E-state index >= 15 is 0 Å². The van der Waals surface area contributed by atoms with E-state index < -0.39 is 0 Å². The van der Waals surface area contributed by atoms with Gasteiger partial charge in [-0.1, -0.05) is 23.7 Å². The number of rotatable bonds is 3. The maximum absolute atomic E-state index is 6.32. The lowest BCUT2D eigenvalue weighted by Crippen LogP contribution is -2.30. The Hall–Kier alpha value is -0.730. The quantitative estimate of drug-likeness (QED) is 0.878. The van der Waals surface area contributed by atoms with Crippen molar-refractivity contribution in [3.63, 3.8) is 0 Å². The molecule has 0 atom stereocenters. The molecule has 1 aromatic rings. The number of nitrogens with zero attached hydrogens (tertiary/aromatic N) is 1. The van der Waals surface area contributed by atoms with Crippen LogP contribution in [0.25, 0.3) is 0 Å². The lowest BCUT2D eigenvalue weighted by atomic mass is 10.1. The van der Waals surface area contributed by atoms with Gasteiger partial charge in [-0.15, -0.1) is 0 Å². The Bertz CT molecular complexity index is 346. The Morgan fingerprint density at radius 3 is 2.62 bits per heavy atom. The van der Waals surface area contributed by atoms with Crippen molar-refractivity contribution in [3.05, 3.63) is 28.8 Å². The number of halogens is 1. The first-order chi connectivity index (χ1) is 7.83. The van der Waals surface area contributed by atoms with Gasteiger partial charge in [0, 0.05) is 13.1 Å². The summed E-state index contributed by atoms with van der Waals surface area (Å²) in [5.74, 6) is 0. The van der Waals surface area contributed by atoms with Crippen molar-refractivity contribution in [1.29, 1.82) is 0 Å². The van der Waals surface area contributed by atoms with Gasteiger partial charge in [-0.25, -0.2) is 0 Å². The molecule has 2 N–H and O–H groups in total. The minimum Gasteiger partial charge on any atom is -0.370 e. The molecule has 1 heterocycles. The Kier molecular flexibility index (Phi) is 4.08. The minimum absolute atomic E-state index is 0.682. The van der Waals surface area contributed by atoms with Crippen LogP contribution in [0.1, 0.15) is 24.8 Å². The Morgan fingerprint density at radius 2 is 1.94 bits per heavy atom. The normalized spacial score (nSPS) is 16.5. The van der Waals surface area contributed by atoms with E-state index in [0.29, 0.717) is 6.54 Å². The summed E-state index contributed by atoms with van der Waals surface area (Å²) in [4.78, 5) is 2.41. The first kappa shape index (κ1) is 11.7. The van der Waals surface area contributed by atoms with E-state index in [-0.39, 0.29) is 0 Å². The molecule has 0 unspecified atom stereocenters. The molecule has 0 amide bonds. The lowest BCUT2D eigenvalue weighted by molar-refractivity contribution is 0.576. The summed E-state index contributed by atoms with van der Waals surface area (Å²) in [5.41, 5.74) is 8.15. The van der Waals surface area contributed by atoms with Gasteiger partial charge < -0.3 is 10.6 Å². The third-order valence-electron chi connectivity index (χ3n) is 3.16. The maximum atomic E-state index is 6.32. The largest absolute Gasteiger partial charge is 0.370 e. The third-order valence-corrected chi connectivity index (χ3v) is 3.46. The molecule has 1 aliphatic heterocycles. The Morgan fingerprint density at radius 1 is 1.19 bits per heavy atom. The molecule has 0 aliphatic carbocycles. The number of benzene rings is 1. The number of para-hydroxylation sites is 1. The number of piperidine rings is 1. The molecular weight excluding hydrogens is 220 g/mol. The molecule has 1 aliphatic rings. The molecule has 1 aromatic carbocycles. The van der Waals surface area contributed by atoms with Gasteiger partial charge in [-0.2, -0.15) is 0 Å². The van der Waals surface area contributed by atoms with E-state index in [4.69, 9.17) is 17.3 Å². The van der Waals surface area contributed by atoms with E-state index in [0.717, 1.165) is 24.5 Å². The van der Waals surface area contributed by atoms with Gasteiger partial charge in [0.15, 0.2) is 0 Å². The molecule has 3 heteroatoms. The fourth-order valence-corrected chi connectivity index (χ4v) is 2.70. The van der Waals surface area contributed by atoms with Crippen molar-refractivity contribution in [3.8, 4) is 0 Å². The lowest BCUT2D eigenvalue weighted by Gasteiger charge is -2.31. The molecule has 2 nitrogen and oxygen atoms in total. The predicted molar refractivity (Wildman–Crippen MR) is 70.3 cm³/mol. The predicted octanol–water partition coefficient (Wildman–Crippen LogP) is 2.83. The molecule has 88 valence electrons. The zero-order valence-corrected chi connectivity index (χ0v) is 10.3. The van der Waals surface area contributed by atoms with Crippen molar-refractivity contribution in [2.24, 2.45) is 5.73 Å². The van der Waals surface area contributed by atoms with E-state index in [1.165, 1.54) is 30.5 Å². The topological polar surface area (TPSA) is 29.3 Å². The van der Waals surface area contributed by atoms with Gasteiger partial charge in [0.2, 0.25) is 0 Å². The van der Waals surface area contributed by atoms with Crippen molar-refractivity contribution >= 4 is 17.3 Å². The average Bonchev–Trinajstić information content (AvgIpc) is 2.31. The minimum atomic E-state index is 0.682. The summed E-state index contributed by atoms with van der Waals surface area (Å²) in [5, 5.41) is 0.868. The highest BCUT2D eigenvalue weighted by Crippen LogP contribution is 2.32. The fourth-order valence-electron chi connectivity index (χ4n) is 2.39. The van der Waals surface area contributed by atoms with Gasteiger partial charge in [0.25, 0.3) is 0 Å². The molecule has 0 spiro atoms. The summed E-state index contributed by atoms with van der Waals surface area (Å²) < 4.78 is 0. The van der Waals surface area contributed by atoms with Crippen molar-refractivity contribution in [1.82, 2.24) is 0 Å². The fraction of sp³-hybridized carbons (Fsp3) is 0.538. The van der Waals surface area contributed by atoms with Crippen molar-refractivity contribution in [2.45, 2.75) is 25.7 Å². The Labute approximate surface area is 102 Å². The maximum Gasteiger partial charge on any atom is 0.0642 e. The highest BCUT2D eigenvalue weighted by molar-refractivity contribution is 6.33. The van der Waals surface area contributed by atoms with Gasteiger partial charge in [-0.05, 0) is 43.9 Å². The van der Waals surface area contributed by atoms with E-state index in [2.05, 4.69) is 11.0 Å². The highest BCUT2D eigenvalue weighted by Gasteiger charge is 2.16. The SMILES string of the molecule is NCCc1cccc(Cl)c1N1CCCCC1. The molecule has 0 saturated carbocycles. The number of hydrogen-bond acceptors (Lipinski definition) is 2. The van der Waals surface area contributed by atoms with E-state index in [1.54, 1.807) is 0 Å². The average molecular weight is 239 g/mol. The first-order valence-electron chi connectivity index (χ1n) is 6.05. The molecule has 1 saturated heterocycles. The summed E-state index contributed by atoms with van der Waals surface area (Å²) in [6.07, 6.45) is 4.79. The van der Waals surface area contributed by atoms with Crippen LogP contribution < -0.4 is 10.6 Å². The van der Waals surface area contributed by atoms with E-state index in [1.807, 2.05) is 12.1 Å². The number of anilines is 1. The number of nitrogens with two attached hydrogens (primary N) is 1. The molecule has 1 fully saturated rings. The summed E-state index contributed by atoms with van der Waals surface area (Å²) in [6.45, 7) is 2.93. The first-order valence-corrected chi connectivity index (χ1v) is 6.43. The van der Waals surface area contributed by atoms with Crippen LogP contribution in [0.15, 0.2) is 18.2 Å². The summed E-state index contributed by atoms with van der Waals surface area (Å²) in [7, 11) is 0. The highest BCUT2D eigenvalue weighted by atomic mass is 35.5. The smallest absolute Gasteiger partial charge is 0.0642 e. The number of hydrogen-bond donors (Lipinski definition) is 1. The van der Waals surface area contributed by atoms with Gasteiger partial charge >= 0.3 is 0 Å². The van der Waals surface area contributed by atoms with Crippen LogP contribution in [0.3, 0.4) is 0 Å². The van der Waals surface area contributed by atoms with Gasteiger partial charge in [-0.3, -0.25) is 0 Å². The molecule has 0 radical (unpaired) electrons. The second-order valence-electron chi connectivity index (χ2n) is 4.33. The van der Waals surface area contributed by atoms with Crippen LogP contribution in [0.4, 0.5) is 5.69 Å². The second kappa shape index (κ2) is 5.55. The molecule has 0 aromatic heterocycles. The van der Waals surface area contributed by atoms with Crippen molar-refractivity contribution < 1.29 is 0 Å². The van der Waals surface area contributed by atoms with Gasteiger partial charge in [0.05, 0.1) is 10.7 Å². The van der Waals surface area contributed by atoms with E-state index in [9.17, 15) is 0 Å². The van der Waals surface area contributed by atoms with Crippen LogP contribution in [0.5, 0.6) is 0 Å². The summed E-state index contributed by atoms with van der Waals surface area (Å²) >= 11 is 6.32. The van der Waals surface area contributed by atoms with Gasteiger partial charge in [0.1, 0.15) is 0 Å². The van der Waals surface area contributed by atoms with Crippen LogP contribution in [0, 0.1) is 0 Å². The molecule has 16 heavy (non-hydrogen) atoms.